The number of halogens is 1. The Morgan fingerprint density at radius 1 is 1.43 bits per heavy atom. The smallest absolute Gasteiger partial charge is 0.324 e. The van der Waals surface area contributed by atoms with E-state index in [1.807, 2.05) is 0 Å². The van der Waals surface area contributed by atoms with Gasteiger partial charge in [0.05, 0.1) is 19.0 Å². The third-order valence-electron chi connectivity index (χ3n) is 3.33. The minimum atomic E-state index is -3.81. The van der Waals surface area contributed by atoms with Gasteiger partial charge in [-0.25, -0.2) is 12.8 Å². The molecule has 0 spiro atoms. The first-order chi connectivity index (χ1) is 9.83. The third kappa shape index (κ3) is 3.58. The average molecular weight is 317 g/mol. The van der Waals surface area contributed by atoms with Gasteiger partial charge in [0.2, 0.25) is 10.0 Å². The number of hydrogen-bond donors (Lipinski definition) is 1. The number of aliphatic hydroxyl groups excluding tert-OH is 1. The van der Waals surface area contributed by atoms with Gasteiger partial charge in [-0.15, -0.1) is 0 Å². The molecule has 8 heteroatoms. The van der Waals surface area contributed by atoms with Gasteiger partial charge in [-0.3, -0.25) is 4.79 Å². The first kappa shape index (κ1) is 15.9. The lowest BCUT2D eigenvalue weighted by Crippen LogP contribution is -2.41. The Hall–Kier alpha value is -1.51. The highest BCUT2D eigenvalue weighted by Crippen LogP contribution is 2.24. The van der Waals surface area contributed by atoms with Gasteiger partial charge in [0.15, 0.2) is 0 Å². The second kappa shape index (κ2) is 6.08. The molecule has 1 fully saturated rings. The lowest BCUT2D eigenvalue weighted by molar-refractivity contribution is -0.144. The highest BCUT2D eigenvalue weighted by Gasteiger charge is 2.43. The molecule has 0 aliphatic carbocycles. The number of aliphatic hydroxyl groups is 1. The number of β-amino-alcohol motifs (C(OH)–C–C–N with tert-alkyl or cyclic N) is 1. The molecule has 1 aromatic carbocycles. The molecule has 1 aliphatic rings. The van der Waals surface area contributed by atoms with Crippen molar-refractivity contribution in [2.24, 2.45) is 0 Å². The number of sulfonamides is 1. The van der Waals surface area contributed by atoms with Crippen molar-refractivity contribution in [3.05, 3.63) is 35.6 Å². The van der Waals surface area contributed by atoms with E-state index in [1.54, 1.807) is 0 Å². The Morgan fingerprint density at radius 2 is 2.05 bits per heavy atom. The van der Waals surface area contributed by atoms with Crippen LogP contribution in [0.4, 0.5) is 4.39 Å². The van der Waals surface area contributed by atoms with Gasteiger partial charge in [-0.05, 0) is 17.7 Å². The summed E-state index contributed by atoms with van der Waals surface area (Å²) >= 11 is 0. The molecule has 21 heavy (non-hydrogen) atoms. The number of carbonyl (C=O) groups excluding carboxylic acids is 1. The second-order valence-corrected chi connectivity index (χ2v) is 6.80. The van der Waals surface area contributed by atoms with Crippen LogP contribution in [0.1, 0.15) is 12.0 Å². The van der Waals surface area contributed by atoms with Crippen molar-refractivity contribution in [1.29, 1.82) is 0 Å². The summed E-state index contributed by atoms with van der Waals surface area (Å²) < 4.78 is 43.1. The van der Waals surface area contributed by atoms with Crippen molar-refractivity contribution in [3.8, 4) is 0 Å². The summed E-state index contributed by atoms with van der Waals surface area (Å²) in [5.74, 6) is -1.53. The average Bonchev–Trinajstić information content (AvgIpc) is 2.83. The summed E-state index contributed by atoms with van der Waals surface area (Å²) in [6.07, 6.45) is -0.896. The summed E-state index contributed by atoms with van der Waals surface area (Å²) in [4.78, 5) is 11.6. The molecule has 6 nitrogen and oxygen atoms in total. The summed E-state index contributed by atoms with van der Waals surface area (Å²) in [5.41, 5.74) is 0.404. The van der Waals surface area contributed by atoms with E-state index in [2.05, 4.69) is 4.74 Å². The van der Waals surface area contributed by atoms with Crippen molar-refractivity contribution < 1.29 is 27.4 Å². The van der Waals surface area contributed by atoms with Gasteiger partial charge in [0.25, 0.3) is 0 Å². The summed E-state index contributed by atoms with van der Waals surface area (Å²) in [7, 11) is -2.65. The van der Waals surface area contributed by atoms with Gasteiger partial charge in [-0.1, -0.05) is 12.1 Å². The highest BCUT2D eigenvalue weighted by atomic mass is 32.2. The Kier molecular flexibility index (Phi) is 4.60. The fourth-order valence-corrected chi connectivity index (χ4v) is 4.05. The van der Waals surface area contributed by atoms with Crippen LogP contribution < -0.4 is 0 Å². The lowest BCUT2D eigenvalue weighted by atomic mass is 10.2. The van der Waals surface area contributed by atoms with Crippen LogP contribution in [0.2, 0.25) is 0 Å². The molecule has 1 heterocycles. The maximum atomic E-state index is 12.8. The second-order valence-electron chi connectivity index (χ2n) is 4.88. The molecule has 0 saturated carbocycles. The van der Waals surface area contributed by atoms with E-state index in [9.17, 15) is 22.7 Å². The number of methoxy groups -OCH3 is 1. The Labute approximate surface area is 122 Å². The van der Waals surface area contributed by atoms with Crippen molar-refractivity contribution in [2.75, 3.05) is 13.7 Å². The predicted molar refractivity (Wildman–Crippen MR) is 72.2 cm³/mol. The largest absolute Gasteiger partial charge is 0.468 e. The molecule has 0 bridgehead atoms. The lowest BCUT2D eigenvalue weighted by Gasteiger charge is -2.21. The normalized spacial score (nSPS) is 23.2. The van der Waals surface area contributed by atoms with Crippen molar-refractivity contribution in [3.63, 3.8) is 0 Å². The predicted octanol–water partition coefficient (Wildman–Crippen LogP) is 0.264. The SMILES string of the molecule is COC(=O)C1CC(O)CN1S(=O)(=O)Cc1ccc(F)cc1. The summed E-state index contributed by atoms with van der Waals surface area (Å²) in [6.45, 7) is -0.150. The number of esters is 1. The van der Waals surface area contributed by atoms with E-state index in [-0.39, 0.29) is 18.7 Å². The fourth-order valence-electron chi connectivity index (χ4n) is 2.32. The molecule has 0 amide bonds. The number of hydrogen-bond acceptors (Lipinski definition) is 5. The van der Waals surface area contributed by atoms with Gasteiger partial charge < -0.3 is 9.84 Å². The number of rotatable bonds is 4. The van der Waals surface area contributed by atoms with Crippen molar-refractivity contribution in [1.82, 2.24) is 4.31 Å². The molecule has 2 rings (SSSR count). The topological polar surface area (TPSA) is 83.9 Å². The molecular formula is C13H16FNO5S. The van der Waals surface area contributed by atoms with E-state index in [0.717, 1.165) is 11.4 Å². The first-order valence-corrected chi connectivity index (χ1v) is 7.94. The number of benzene rings is 1. The van der Waals surface area contributed by atoms with Crippen LogP contribution in [0.3, 0.4) is 0 Å². The zero-order valence-corrected chi connectivity index (χ0v) is 12.2. The van der Waals surface area contributed by atoms with E-state index in [1.165, 1.54) is 24.3 Å². The van der Waals surface area contributed by atoms with Crippen LogP contribution in [-0.4, -0.2) is 49.6 Å². The quantitative estimate of drug-likeness (QED) is 0.806. The first-order valence-electron chi connectivity index (χ1n) is 6.33. The van der Waals surface area contributed by atoms with Crippen LogP contribution in [0.15, 0.2) is 24.3 Å². The molecule has 0 aromatic heterocycles. The molecular weight excluding hydrogens is 301 g/mol. The minimum Gasteiger partial charge on any atom is -0.468 e. The molecule has 116 valence electrons. The highest BCUT2D eigenvalue weighted by molar-refractivity contribution is 7.88. The van der Waals surface area contributed by atoms with Gasteiger partial charge in [0.1, 0.15) is 11.9 Å². The molecule has 1 N–H and O–H groups in total. The van der Waals surface area contributed by atoms with Crippen molar-refractivity contribution in [2.45, 2.75) is 24.3 Å². The Bertz CT molecular complexity index is 616. The number of nitrogens with zero attached hydrogens (tertiary/aromatic N) is 1. The maximum absolute atomic E-state index is 12.8. The van der Waals surface area contributed by atoms with Gasteiger partial charge in [-0.2, -0.15) is 4.31 Å². The summed E-state index contributed by atoms with van der Waals surface area (Å²) in [6, 6.07) is 4.05. The number of ether oxygens (including phenoxy) is 1. The van der Waals surface area contributed by atoms with E-state index >= 15 is 0 Å². The molecule has 2 unspecified atom stereocenters. The monoisotopic (exact) mass is 317 g/mol. The maximum Gasteiger partial charge on any atom is 0.324 e. The van der Waals surface area contributed by atoms with E-state index < -0.39 is 34.0 Å². The molecule has 1 aromatic rings. The Morgan fingerprint density at radius 3 is 2.62 bits per heavy atom. The third-order valence-corrected chi connectivity index (χ3v) is 5.14. The van der Waals surface area contributed by atoms with Crippen LogP contribution in [0, 0.1) is 5.82 Å². The minimum absolute atomic E-state index is 0.00925. The number of carbonyl (C=O) groups is 1. The molecule has 1 aliphatic heterocycles. The fraction of sp³-hybridized carbons (Fsp3) is 0.462. The molecule has 2 atom stereocenters. The van der Waals surface area contributed by atoms with E-state index in [0.29, 0.717) is 5.56 Å². The van der Waals surface area contributed by atoms with Gasteiger partial charge >= 0.3 is 5.97 Å². The van der Waals surface area contributed by atoms with Crippen LogP contribution in [-0.2, 0) is 25.3 Å². The zero-order valence-electron chi connectivity index (χ0n) is 11.4. The summed E-state index contributed by atoms with van der Waals surface area (Å²) in [5, 5.41) is 9.62. The Balaban J connectivity index is 2.21. The standard InChI is InChI=1S/C13H16FNO5S/c1-20-13(17)12-6-11(16)7-15(12)21(18,19)8-9-2-4-10(14)5-3-9/h2-5,11-12,16H,6-8H2,1H3. The molecule has 0 radical (unpaired) electrons. The van der Waals surface area contributed by atoms with Crippen molar-refractivity contribution >= 4 is 16.0 Å². The molecule has 1 saturated heterocycles. The van der Waals surface area contributed by atoms with Gasteiger partial charge in [0, 0.05) is 13.0 Å². The zero-order chi connectivity index (χ0) is 15.6. The van der Waals surface area contributed by atoms with Crippen LogP contribution >= 0.6 is 0 Å². The van der Waals surface area contributed by atoms with E-state index in [4.69, 9.17) is 0 Å². The van der Waals surface area contributed by atoms with Crippen LogP contribution in [0.5, 0.6) is 0 Å². The van der Waals surface area contributed by atoms with Crippen LogP contribution in [0.25, 0.3) is 0 Å².